The van der Waals surface area contributed by atoms with Gasteiger partial charge in [-0.25, -0.2) is 12.7 Å². The Morgan fingerprint density at radius 1 is 1.25 bits per heavy atom. The minimum absolute atomic E-state index is 0.0368. The van der Waals surface area contributed by atoms with Crippen LogP contribution < -0.4 is 5.32 Å². The number of nitrogens with zero attached hydrogens (tertiary/aromatic N) is 4. The number of ether oxygens (including phenoxy) is 1. The molecule has 4 heterocycles. The van der Waals surface area contributed by atoms with Crippen LogP contribution in [0, 0.1) is 5.92 Å². The van der Waals surface area contributed by atoms with Crippen LogP contribution in [-0.4, -0.2) is 72.3 Å². The molecule has 0 bridgehead atoms. The van der Waals surface area contributed by atoms with Crippen molar-refractivity contribution in [2.75, 3.05) is 39.1 Å². The number of carbonyl (C=O) groups excluding carboxylic acids is 1. The Morgan fingerprint density at radius 3 is 2.75 bits per heavy atom. The summed E-state index contributed by atoms with van der Waals surface area (Å²) in [5.41, 5.74) is 1.19. The second kappa shape index (κ2) is 7.76. The van der Waals surface area contributed by atoms with E-state index in [9.17, 15) is 13.2 Å². The second-order valence-electron chi connectivity index (χ2n) is 7.58. The molecule has 0 spiro atoms. The highest BCUT2D eigenvalue weighted by Crippen LogP contribution is 2.28. The third-order valence-corrected chi connectivity index (χ3v) is 6.84. The molecule has 2 aliphatic heterocycles. The number of aromatic nitrogens is 3. The van der Waals surface area contributed by atoms with Crippen LogP contribution in [0.2, 0.25) is 0 Å². The summed E-state index contributed by atoms with van der Waals surface area (Å²) < 4.78 is 32.2. The summed E-state index contributed by atoms with van der Waals surface area (Å²) in [6, 6.07) is 3.51. The third kappa shape index (κ3) is 4.03. The minimum atomic E-state index is -3.22. The summed E-state index contributed by atoms with van der Waals surface area (Å²) in [4.78, 5) is 12.6. The van der Waals surface area contributed by atoms with Crippen molar-refractivity contribution < 1.29 is 17.9 Å². The lowest BCUT2D eigenvalue weighted by Crippen LogP contribution is -2.32. The number of hydrogen-bond donors (Lipinski definition) is 1. The van der Waals surface area contributed by atoms with Crippen molar-refractivity contribution in [3.8, 4) is 0 Å². The molecule has 1 unspecified atom stereocenters. The lowest BCUT2D eigenvalue weighted by atomic mass is 10.0. The van der Waals surface area contributed by atoms with Crippen LogP contribution in [0.3, 0.4) is 0 Å². The molecule has 1 atom stereocenters. The number of rotatable bonds is 5. The molecule has 1 amide bonds. The van der Waals surface area contributed by atoms with Crippen molar-refractivity contribution in [1.29, 1.82) is 0 Å². The standard InChI is InChI=1S/C18H25N5O4S/c1-28(25,26)22-7-4-14(11-22)17-21-20-16-3-2-15(12-23(16)17)18(24)19-10-13-5-8-27-9-6-13/h2-3,12-14H,4-11H2,1H3,(H,19,24). The van der Waals surface area contributed by atoms with Gasteiger partial charge in [0.15, 0.2) is 5.65 Å². The fraction of sp³-hybridized carbons (Fsp3) is 0.611. The maximum atomic E-state index is 12.6. The lowest BCUT2D eigenvalue weighted by molar-refractivity contribution is 0.0642. The molecule has 2 fully saturated rings. The van der Waals surface area contributed by atoms with Crippen LogP contribution in [0.5, 0.6) is 0 Å². The fourth-order valence-electron chi connectivity index (χ4n) is 3.85. The van der Waals surface area contributed by atoms with E-state index in [4.69, 9.17) is 4.74 Å². The smallest absolute Gasteiger partial charge is 0.252 e. The predicted molar refractivity (Wildman–Crippen MR) is 103 cm³/mol. The number of fused-ring (bicyclic) bond motifs is 1. The van der Waals surface area contributed by atoms with Crippen molar-refractivity contribution in [3.63, 3.8) is 0 Å². The summed E-state index contributed by atoms with van der Waals surface area (Å²) >= 11 is 0. The molecule has 2 aliphatic rings. The summed E-state index contributed by atoms with van der Waals surface area (Å²) in [6.07, 6.45) is 5.58. The maximum absolute atomic E-state index is 12.6. The van der Waals surface area contributed by atoms with Crippen molar-refractivity contribution in [2.24, 2.45) is 5.92 Å². The Labute approximate surface area is 164 Å². The summed E-state index contributed by atoms with van der Waals surface area (Å²) in [6.45, 7) is 3.01. The van der Waals surface area contributed by atoms with Gasteiger partial charge in [0.05, 0.1) is 11.8 Å². The largest absolute Gasteiger partial charge is 0.381 e. The highest BCUT2D eigenvalue weighted by Gasteiger charge is 2.32. The van der Waals surface area contributed by atoms with Crippen LogP contribution in [0.15, 0.2) is 18.3 Å². The molecule has 0 saturated carbocycles. The van der Waals surface area contributed by atoms with Gasteiger partial charge in [-0.3, -0.25) is 9.20 Å². The Bertz CT molecular complexity index is 968. The summed E-state index contributed by atoms with van der Waals surface area (Å²) in [7, 11) is -3.22. The molecule has 28 heavy (non-hydrogen) atoms. The number of sulfonamides is 1. The van der Waals surface area contributed by atoms with Gasteiger partial charge in [-0.2, -0.15) is 0 Å². The van der Waals surface area contributed by atoms with Gasteiger partial charge in [-0.15, -0.1) is 10.2 Å². The van der Waals surface area contributed by atoms with Crippen LogP contribution >= 0.6 is 0 Å². The maximum Gasteiger partial charge on any atom is 0.252 e. The van der Waals surface area contributed by atoms with E-state index < -0.39 is 10.0 Å². The number of hydrogen-bond acceptors (Lipinski definition) is 6. The van der Waals surface area contributed by atoms with Crippen molar-refractivity contribution >= 4 is 21.6 Å². The van der Waals surface area contributed by atoms with Crippen LogP contribution in [0.4, 0.5) is 0 Å². The molecule has 1 N–H and O–H groups in total. The molecule has 9 nitrogen and oxygen atoms in total. The SMILES string of the molecule is CS(=O)(=O)N1CCC(c2nnc3ccc(C(=O)NCC4CCOCC4)cn23)C1. The monoisotopic (exact) mass is 407 g/mol. The predicted octanol–water partition coefficient (Wildman–Crippen LogP) is 0.635. The highest BCUT2D eigenvalue weighted by molar-refractivity contribution is 7.88. The minimum Gasteiger partial charge on any atom is -0.381 e. The van der Waals surface area contributed by atoms with E-state index in [1.165, 1.54) is 10.6 Å². The molecule has 4 rings (SSSR count). The van der Waals surface area contributed by atoms with Gasteiger partial charge >= 0.3 is 0 Å². The van der Waals surface area contributed by atoms with Crippen LogP contribution in [0.1, 0.15) is 41.4 Å². The first-order valence-electron chi connectivity index (χ1n) is 9.57. The molecule has 10 heteroatoms. The third-order valence-electron chi connectivity index (χ3n) is 5.57. The van der Waals surface area contributed by atoms with E-state index in [-0.39, 0.29) is 11.8 Å². The Hall–Kier alpha value is -2.04. The van der Waals surface area contributed by atoms with Crippen molar-refractivity contribution in [1.82, 2.24) is 24.2 Å². The molecular formula is C18H25N5O4S. The molecule has 0 radical (unpaired) electrons. The van der Waals surface area contributed by atoms with Crippen LogP contribution in [-0.2, 0) is 14.8 Å². The first-order chi connectivity index (χ1) is 13.4. The Kier molecular flexibility index (Phi) is 5.35. The number of nitrogens with one attached hydrogen (secondary N) is 1. The van der Waals surface area contributed by atoms with E-state index in [1.54, 1.807) is 22.7 Å². The summed E-state index contributed by atoms with van der Waals surface area (Å²) in [5.74, 6) is 0.982. The second-order valence-corrected chi connectivity index (χ2v) is 9.56. The van der Waals surface area contributed by atoms with E-state index in [0.29, 0.717) is 49.0 Å². The zero-order valence-corrected chi connectivity index (χ0v) is 16.7. The van der Waals surface area contributed by atoms with Gasteiger partial charge in [0.2, 0.25) is 10.0 Å². The topological polar surface area (TPSA) is 106 Å². The van der Waals surface area contributed by atoms with Crippen molar-refractivity contribution in [3.05, 3.63) is 29.7 Å². The number of carbonyl (C=O) groups is 1. The molecular weight excluding hydrogens is 382 g/mol. The average Bonchev–Trinajstić information content (AvgIpc) is 3.33. The zero-order chi connectivity index (χ0) is 19.7. The fourth-order valence-corrected chi connectivity index (χ4v) is 4.74. The van der Waals surface area contributed by atoms with Crippen molar-refractivity contribution in [2.45, 2.75) is 25.2 Å². The quantitative estimate of drug-likeness (QED) is 0.780. The molecule has 2 aromatic heterocycles. The Balaban J connectivity index is 1.49. The van der Waals surface area contributed by atoms with E-state index in [0.717, 1.165) is 26.1 Å². The van der Waals surface area contributed by atoms with Gasteiger partial charge in [-0.1, -0.05) is 0 Å². The first kappa shape index (κ1) is 19.3. The molecule has 0 aliphatic carbocycles. The summed E-state index contributed by atoms with van der Waals surface area (Å²) in [5, 5.41) is 11.4. The molecule has 2 aromatic rings. The zero-order valence-electron chi connectivity index (χ0n) is 15.9. The van der Waals surface area contributed by atoms with Gasteiger partial charge in [0.1, 0.15) is 5.82 Å². The normalized spacial score (nSPS) is 22.0. The molecule has 0 aromatic carbocycles. The van der Waals surface area contributed by atoms with Gasteiger partial charge in [-0.05, 0) is 37.3 Å². The highest BCUT2D eigenvalue weighted by atomic mass is 32.2. The average molecular weight is 407 g/mol. The lowest BCUT2D eigenvalue weighted by Gasteiger charge is -2.22. The Morgan fingerprint density at radius 2 is 2.04 bits per heavy atom. The number of pyridine rings is 1. The van der Waals surface area contributed by atoms with Gasteiger partial charge < -0.3 is 10.1 Å². The van der Waals surface area contributed by atoms with Gasteiger partial charge in [0, 0.05) is 45.0 Å². The van der Waals surface area contributed by atoms with E-state index in [2.05, 4.69) is 15.5 Å². The first-order valence-corrected chi connectivity index (χ1v) is 11.4. The number of amides is 1. The van der Waals surface area contributed by atoms with Crippen LogP contribution in [0.25, 0.3) is 5.65 Å². The van der Waals surface area contributed by atoms with E-state index >= 15 is 0 Å². The van der Waals surface area contributed by atoms with Gasteiger partial charge in [0.25, 0.3) is 5.91 Å². The van der Waals surface area contributed by atoms with E-state index in [1.807, 2.05) is 0 Å². The molecule has 152 valence electrons. The molecule has 2 saturated heterocycles.